The Kier molecular flexibility index (Phi) is 6.58. The maximum atomic E-state index is 4.31. The summed E-state index contributed by atoms with van der Waals surface area (Å²) >= 11 is 0. The molecule has 2 rings (SSSR count). The molecule has 19 heavy (non-hydrogen) atoms. The molecule has 0 spiro atoms. The van der Waals surface area contributed by atoms with Gasteiger partial charge < -0.3 is 4.90 Å². The molecule has 0 N–H and O–H groups in total. The molecule has 0 atom stereocenters. The van der Waals surface area contributed by atoms with Gasteiger partial charge in [-0.05, 0) is 31.5 Å². The summed E-state index contributed by atoms with van der Waals surface area (Å²) in [5.74, 6) is 0.762. The van der Waals surface area contributed by atoms with Gasteiger partial charge in [0.1, 0.15) is 0 Å². The van der Waals surface area contributed by atoms with Crippen LogP contribution in [0.2, 0.25) is 0 Å². The molecule has 0 saturated carbocycles. The van der Waals surface area contributed by atoms with Gasteiger partial charge in [0.2, 0.25) is 5.95 Å². The molecule has 0 aliphatic heterocycles. The molecule has 0 aliphatic carbocycles. The van der Waals surface area contributed by atoms with Crippen molar-refractivity contribution in [2.24, 2.45) is 0 Å². The third-order valence-corrected chi connectivity index (χ3v) is 2.59. The van der Waals surface area contributed by atoms with Gasteiger partial charge >= 0.3 is 0 Å². The largest absolute Gasteiger partial charge is 0.311 e. The van der Waals surface area contributed by atoms with Gasteiger partial charge in [0.15, 0.2) is 0 Å². The zero-order valence-corrected chi connectivity index (χ0v) is 12.3. The fraction of sp³-hybridized carbons (Fsp3) is 0.375. The lowest BCUT2D eigenvalue weighted by Gasteiger charge is -2.21. The number of benzene rings is 1. The van der Waals surface area contributed by atoms with Crippen molar-refractivity contribution in [1.82, 2.24) is 9.97 Å². The van der Waals surface area contributed by atoms with Crippen LogP contribution in [0.5, 0.6) is 0 Å². The Labute approximate surface area is 116 Å². The molecular formula is C16H23N3. The maximum Gasteiger partial charge on any atom is 0.229 e. The summed E-state index contributed by atoms with van der Waals surface area (Å²) in [6.45, 7) is 9.17. The molecule has 1 aromatic heterocycles. The molecule has 3 heteroatoms. The fourth-order valence-electron chi connectivity index (χ4n) is 1.72. The minimum Gasteiger partial charge on any atom is -0.311 e. The van der Waals surface area contributed by atoms with Crippen molar-refractivity contribution >= 4 is 11.6 Å². The van der Waals surface area contributed by atoms with Crippen LogP contribution in [0.1, 0.15) is 32.8 Å². The Bertz CT molecular complexity index is 451. The quantitative estimate of drug-likeness (QED) is 0.815. The molecule has 0 saturated heterocycles. The molecule has 0 unspecified atom stereocenters. The topological polar surface area (TPSA) is 29.0 Å². The van der Waals surface area contributed by atoms with E-state index in [1.54, 1.807) is 12.4 Å². The summed E-state index contributed by atoms with van der Waals surface area (Å²) in [4.78, 5) is 10.8. The average Bonchev–Trinajstić information content (AvgIpc) is 2.49. The van der Waals surface area contributed by atoms with Gasteiger partial charge in [-0.15, -0.1) is 0 Å². The highest BCUT2D eigenvalue weighted by Crippen LogP contribution is 2.21. The zero-order chi connectivity index (χ0) is 14.1. The minimum atomic E-state index is 0.762. The summed E-state index contributed by atoms with van der Waals surface area (Å²) in [5, 5.41) is 0. The predicted molar refractivity (Wildman–Crippen MR) is 81.9 cm³/mol. The summed E-state index contributed by atoms with van der Waals surface area (Å²) in [5.41, 5.74) is 2.41. The van der Waals surface area contributed by atoms with Crippen LogP contribution in [-0.2, 0) is 0 Å². The monoisotopic (exact) mass is 257 g/mol. The number of hydrogen-bond donors (Lipinski definition) is 0. The van der Waals surface area contributed by atoms with Crippen LogP contribution >= 0.6 is 0 Å². The van der Waals surface area contributed by atoms with Crippen LogP contribution in [0.25, 0.3) is 0 Å². The smallest absolute Gasteiger partial charge is 0.229 e. The van der Waals surface area contributed by atoms with Crippen LogP contribution in [0.4, 0.5) is 11.6 Å². The highest BCUT2D eigenvalue weighted by Gasteiger charge is 2.09. The first-order chi connectivity index (χ1) is 9.31. The summed E-state index contributed by atoms with van der Waals surface area (Å²) in [6, 6.07) is 10.3. The van der Waals surface area contributed by atoms with Crippen LogP contribution in [0, 0.1) is 6.92 Å². The van der Waals surface area contributed by atoms with E-state index >= 15 is 0 Å². The lowest BCUT2D eigenvalue weighted by atomic mass is 10.2. The average molecular weight is 257 g/mol. The minimum absolute atomic E-state index is 0.762. The van der Waals surface area contributed by atoms with Gasteiger partial charge in [-0.2, -0.15) is 0 Å². The van der Waals surface area contributed by atoms with Crippen molar-refractivity contribution in [2.45, 2.75) is 34.1 Å². The van der Waals surface area contributed by atoms with Crippen LogP contribution in [0.15, 0.2) is 42.7 Å². The van der Waals surface area contributed by atoms with Crippen molar-refractivity contribution in [1.29, 1.82) is 0 Å². The Morgan fingerprint density at radius 1 is 1.00 bits per heavy atom. The van der Waals surface area contributed by atoms with Crippen LogP contribution < -0.4 is 4.90 Å². The number of aryl methyl sites for hydroxylation is 1. The van der Waals surface area contributed by atoms with Crippen molar-refractivity contribution in [2.75, 3.05) is 11.4 Å². The van der Waals surface area contributed by atoms with E-state index in [-0.39, 0.29) is 0 Å². The van der Waals surface area contributed by atoms with E-state index in [4.69, 9.17) is 0 Å². The molecule has 1 heterocycles. The Hall–Kier alpha value is -1.90. The molecule has 0 radical (unpaired) electrons. The Balaban J connectivity index is 0.000000861. The third kappa shape index (κ3) is 4.36. The van der Waals surface area contributed by atoms with E-state index in [0.29, 0.717) is 0 Å². The molecule has 3 nitrogen and oxygen atoms in total. The second-order valence-electron chi connectivity index (χ2n) is 4.04. The molecule has 2 aromatic rings. The summed E-state index contributed by atoms with van der Waals surface area (Å²) < 4.78 is 0. The van der Waals surface area contributed by atoms with Crippen molar-refractivity contribution in [3.05, 3.63) is 48.3 Å². The number of anilines is 2. The van der Waals surface area contributed by atoms with Gasteiger partial charge in [0.25, 0.3) is 0 Å². The highest BCUT2D eigenvalue weighted by atomic mass is 15.2. The fourth-order valence-corrected chi connectivity index (χ4v) is 1.72. The van der Waals surface area contributed by atoms with Gasteiger partial charge in [0, 0.05) is 24.6 Å². The van der Waals surface area contributed by atoms with E-state index in [1.807, 2.05) is 19.9 Å². The highest BCUT2D eigenvalue weighted by molar-refractivity contribution is 5.57. The summed E-state index contributed by atoms with van der Waals surface area (Å²) in [6.07, 6.45) is 4.62. The van der Waals surface area contributed by atoms with E-state index in [1.165, 1.54) is 5.56 Å². The first-order valence-corrected chi connectivity index (χ1v) is 6.92. The zero-order valence-electron chi connectivity index (χ0n) is 12.3. The van der Waals surface area contributed by atoms with Crippen LogP contribution in [0.3, 0.4) is 0 Å². The Morgan fingerprint density at radius 3 is 2.11 bits per heavy atom. The normalized spacial score (nSPS) is 9.47. The number of hydrogen-bond acceptors (Lipinski definition) is 3. The van der Waals surface area contributed by atoms with E-state index in [2.05, 4.69) is 53.0 Å². The molecule has 102 valence electrons. The number of aromatic nitrogens is 2. The van der Waals surface area contributed by atoms with Gasteiger partial charge in [0.05, 0.1) is 0 Å². The second kappa shape index (κ2) is 8.25. The maximum absolute atomic E-state index is 4.31. The molecule has 0 bridgehead atoms. The molecule has 1 aromatic carbocycles. The molecule has 0 fully saturated rings. The Morgan fingerprint density at radius 2 is 1.58 bits per heavy atom. The van der Waals surface area contributed by atoms with E-state index < -0.39 is 0 Å². The van der Waals surface area contributed by atoms with Gasteiger partial charge in [-0.25, -0.2) is 9.97 Å². The van der Waals surface area contributed by atoms with E-state index in [0.717, 1.165) is 24.6 Å². The van der Waals surface area contributed by atoms with Gasteiger partial charge in [-0.1, -0.05) is 38.5 Å². The predicted octanol–water partition coefficient (Wildman–Crippen LogP) is 4.36. The molecular weight excluding hydrogens is 234 g/mol. The summed E-state index contributed by atoms with van der Waals surface area (Å²) in [7, 11) is 0. The second-order valence-corrected chi connectivity index (χ2v) is 4.04. The first kappa shape index (κ1) is 15.2. The van der Waals surface area contributed by atoms with Gasteiger partial charge in [-0.3, -0.25) is 0 Å². The van der Waals surface area contributed by atoms with E-state index in [9.17, 15) is 0 Å². The lowest BCUT2D eigenvalue weighted by molar-refractivity contribution is 0.852. The first-order valence-electron chi connectivity index (χ1n) is 6.92. The number of nitrogens with zero attached hydrogens (tertiary/aromatic N) is 3. The molecule has 0 amide bonds. The van der Waals surface area contributed by atoms with Crippen molar-refractivity contribution < 1.29 is 0 Å². The van der Waals surface area contributed by atoms with Crippen molar-refractivity contribution in [3.8, 4) is 0 Å². The SMILES string of the molecule is CC.CCCN(c1ccc(C)cc1)c1ncccn1. The molecule has 0 aliphatic rings. The lowest BCUT2D eigenvalue weighted by Crippen LogP contribution is -2.20. The third-order valence-electron chi connectivity index (χ3n) is 2.59. The van der Waals surface area contributed by atoms with Crippen LogP contribution in [-0.4, -0.2) is 16.5 Å². The standard InChI is InChI=1S/C14H17N3.C2H6/c1-3-11-17(14-15-9-4-10-16-14)13-7-5-12(2)6-8-13;1-2/h4-10H,3,11H2,1-2H3;1-2H3. The number of rotatable bonds is 4. The van der Waals surface area contributed by atoms with Crippen molar-refractivity contribution in [3.63, 3.8) is 0 Å².